The Morgan fingerprint density at radius 3 is 2.90 bits per heavy atom. The van der Waals surface area contributed by atoms with Gasteiger partial charge in [-0.15, -0.1) is 0 Å². The van der Waals surface area contributed by atoms with Crippen LogP contribution in [0.1, 0.15) is 12.6 Å². The Hall–Kier alpha value is -1.92. The van der Waals surface area contributed by atoms with Gasteiger partial charge in [-0.3, -0.25) is 18.9 Å². The van der Waals surface area contributed by atoms with Crippen LogP contribution in [0.3, 0.4) is 0 Å². The normalized spacial score (nSPS) is 11.0. The van der Waals surface area contributed by atoms with E-state index in [-0.39, 0.29) is 18.1 Å². The van der Waals surface area contributed by atoms with Gasteiger partial charge in [0, 0.05) is 18.8 Å². The average Bonchev–Trinajstić information content (AvgIpc) is 2.47. The van der Waals surface area contributed by atoms with Crippen molar-refractivity contribution in [1.82, 2.24) is 14.3 Å². The molecule has 0 aliphatic carbocycles. The number of pyridine rings is 1. The van der Waals surface area contributed by atoms with Gasteiger partial charge in [0.25, 0.3) is 5.56 Å². The van der Waals surface area contributed by atoms with Gasteiger partial charge in [-0.05, 0) is 18.7 Å². The highest BCUT2D eigenvalue weighted by Crippen LogP contribution is 2.09. The van der Waals surface area contributed by atoms with E-state index in [0.717, 1.165) is 0 Å². The summed E-state index contributed by atoms with van der Waals surface area (Å²) in [4.78, 5) is 29.6. The van der Waals surface area contributed by atoms with Crippen LogP contribution in [0.25, 0.3) is 5.65 Å². The number of fused-ring (bicyclic) bond motifs is 1. The Morgan fingerprint density at radius 1 is 1.48 bits per heavy atom. The van der Waals surface area contributed by atoms with Crippen LogP contribution >= 0.6 is 11.6 Å². The van der Waals surface area contributed by atoms with Gasteiger partial charge in [-0.1, -0.05) is 18.5 Å². The lowest BCUT2D eigenvalue weighted by Gasteiger charge is -2.18. The summed E-state index contributed by atoms with van der Waals surface area (Å²) in [6.45, 7) is 3.14. The van der Waals surface area contributed by atoms with Crippen LogP contribution in [0, 0.1) is 0 Å². The molecule has 2 aromatic heterocycles. The van der Waals surface area contributed by atoms with Gasteiger partial charge in [-0.2, -0.15) is 0 Å². The standard InChI is InChI=1S/C14H16ClN3O3/c1-3-17(9-14(20)21-2)8-11-6-13(19)18-7-10(15)4-5-12(18)16-11/h4-7H,3,8-9H2,1-2H3. The molecule has 0 amide bonds. The number of esters is 1. The monoisotopic (exact) mass is 309 g/mol. The Bertz CT molecular complexity index is 714. The predicted molar refractivity (Wildman–Crippen MR) is 79.4 cm³/mol. The zero-order valence-electron chi connectivity index (χ0n) is 11.9. The van der Waals surface area contributed by atoms with Gasteiger partial charge in [0.05, 0.1) is 24.4 Å². The van der Waals surface area contributed by atoms with Crippen molar-refractivity contribution in [2.45, 2.75) is 13.5 Å². The third-order valence-electron chi connectivity index (χ3n) is 3.09. The van der Waals surface area contributed by atoms with E-state index in [1.807, 2.05) is 11.8 Å². The summed E-state index contributed by atoms with van der Waals surface area (Å²) < 4.78 is 6.04. The van der Waals surface area contributed by atoms with E-state index >= 15 is 0 Å². The third-order valence-corrected chi connectivity index (χ3v) is 3.31. The lowest BCUT2D eigenvalue weighted by Crippen LogP contribution is -2.31. The number of hydrogen-bond acceptors (Lipinski definition) is 5. The van der Waals surface area contributed by atoms with Gasteiger partial charge in [0.1, 0.15) is 5.65 Å². The molecular weight excluding hydrogens is 294 g/mol. The Kier molecular flexibility index (Phi) is 4.93. The molecule has 0 aromatic carbocycles. The van der Waals surface area contributed by atoms with Crippen LogP contribution in [-0.2, 0) is 16.1 Å². The number of methoxy groups -OCH3 is 1. The summed E-state index contributed by atoms with van der Waals surface area (Å²) in [5, 5.41) is 0.472. The fourth-order valence-corrected chi connectivity index (χ4v) is 2.12. The first kappa shape index (κ1) is 15.5. The van der Waals surface area contributed by atoms with E-state index in [1.54, 1.807) is 12.1 Å². The van der Waals surface area contributed by atoms with Crippen LogP contribution in [0.2, 0.25) is 5.02 Å². The molecule has 112 valence electrons. The highest BCUT2D eigenvalue weighted by Gasteiger charge is 2.11. The topological polar surface area (TPSA) is 63.9 Å². The molecule has 0 radical (unpaired) electrons. The van der Waals surface area contributed by atoms with Gasteiger partial charge < -0.3 is 4.74 Å². The van der Waals surface area contributed by atoms with Crippen molar-refractivity contribution in [3.8, 4) is 0 Å². The minimum atomic E-state index is -0.318. The first-order chi connectivity index (χ1) is 10.0. The van der Waals surface area contributed by atoms with Crippen molar-refractivity contribution in [3.05, 3.63) is 45.5 Å². The second kappa shape index (κ2) is 6.69. The first-order valence-electron chi connectivity index (χ1n) is 6.50. The number of ether oxygens (including phenoxy) is 1. The number of hydrogen-bond donors (Lipinski definition) is 0. The lowest BCUT2D eigenvalue weighted by atomic mass is 10.3. The molecule has 2 heterocycles. The molecule has 0 aliphatic heterocycles. The molecule has 0 fully saturated rings. The molecule has 0 unspecified atom stereocenters. The number of carbonyl (C=O) groups excluding carboxylic acids is 1. The van der Waals surface area contributed by atoms with Crippen LogP contribution in [0.15, 0.2) is 29.2 Å². The maximum Gasteiger partial charge on any atom is 0.319 e. The van der Waals surface area contributed by atoms with Gasteiger partial charge in [-0.25, -0.2) is 4.98 Å². The summed E-state index contributed by atoms with van der Waals surface area (Å²) >= 11 is 5.86. The van der Waals surface area contributed by atoms with E-state index in [1.165, 1.54) is 23.8 Å². The zero-order valence-corrected chi connectivity index (χ0v) is 12.6. The second-order valence-electron chi connectivity index (χ2n) is 4.54. The smallest absolute Gasteiger partial charge is 0.319 e. The minimum Gasteiger partial charge on any atom is -0.468 e. The van der Waals surface area contributed by atoms with Crippen molar-refractivity contribution in [2.24, 2.45) is 0 Å². The van der Waals surface area contributed by atoms with Crippen LogP contribution < -0.4 is 5.56 Å². The molecule has 0 spiro atoms. The molecule has 0 saturated carbocycles. The van der Waals surface area contributed by atoms with E-state index in [2.05, 4.69) is 9.72 Å². The Labute approximate surface area is 126 Å². The number of carbonyl (C=O) groups is 1. The predicted octanol–water partition coefficient (Wildman–Crippen LogP) is 1.34. The van der Waals surface area contributed by atoms with Gasteiger partial charge >= 0.3 is 5.97 Å². The van der Waals surface area contributed by atoms with E-state index in [0.29, 0.717) is 29.5 Å². The summed E-state index contributed by atoms with van der Waals surface area (Å²) in [5.41, 5.74) is 0.927. The summed E-state index contributed by atoms with van der Waals surface area (Å²) in [5.74, 6) is -0.318. The molecule has 0 saturated heterocycles. The molecule has 2 aromatic rings. The summed E-state index contributed by atoms with van der Waals surface area (Å²) in [6.07, 6.45) is 1.53. The minimum absolute atomic E-state index is 0.161. The van der Waals surface area contributed by atoms with Crippen molar-refractivity contribution >= 4 is 23.2 Å². The first-order valence-corrected chi connectivity index (χ1v) is 6.88. The Balaban J connectivity index is 2.28. The van der Waals surface area contributed by atoms with Gasteiger partial charge in [0.2, 0.25) is 0 Å². The largest absolute Gasteiger partial charge is 0.468 e. The maximum atomic E-state index is 12.1. The second-order valence-corrected chi connectivity index (χ2v) is 4.98. The number of likely N-dealkylation sites (N-methyl/N-ethyl adjacent to an activating group) is 1. The molecular formula is C14H16ClN3O3. The average molecular weight is 310 g/mol. The van der Waals surface area contributed by atoms with Crippen LogP contribution in [0.4, 0.5) is 0 Å². The van der Waals surface area contributed by atoms with Crippen LogP contribution in [-0.4, -0.2) is 40.5 Å². The fraction of sp³-hybridized carbons (Fsp3) is 0.357. The zero-order chi connectivity index (χ0) is 15.4. The molecule has 0 N–H and O–H groups in total. The number of rotatable bonds is 5. The van der Waals surface area contributed by atoms with E-state index in [4.69, 9.17) is 11.6 Å². The lowest BCUT2D eigenvalue weighted by molar-refractivity contribution is -0.142. The van der Waals surface area contributed by atoms with E-state index in [9.17, 15) is 9.59 Å². The maximum absolute atomic E-state index is 12.1. The van der Waals surface area contributed by atoms with Crippen LogP contribution in [0.5, 0.6) is 0 Å². The molecule has 7 heteroatoms. The number of nitrogens with zero attached hydrogens (tertiary/aromatic N) is 3. The van der Waals surface area contributed by atoms with Crippen molar-refractivity contribution in [3.63, 3.8) is 0 Å². The van der Waals surface area contributed by atoms with Crippen molar-refractivity contribution < 1.29 is 9.53 Å². The third kappa shape index (κ3) is 3.80. The molecule has 0 bridgehead atoms. The highest BCUT2D eigenvalue weighted by atomic mass is 35.5. The van der Waals surface area contributed by atoms with E-state index < -0.39 is 0 Å². The van der Waals surface area contributed by atoms with Gasteiger partial charge in [0.15, 0.2) is 0 Å². The quantitative estimate of drug-likeness (QED) is 0.780. The number of aromatic nitrogens is 2. The Morgan fingerprint density at radius 2 is 2.24 bits per heavy atom. The van der Waals surface area contributed by atoms with Crippen molar-refractivity contribution in [2.75, 3.05) is 20.2 Å². The molecule has 0 atom stereocenters. The van der Waals surface area contributed by atoms with Crippen molar-refractivity contribution in [1.29, 1.82) is 0 Å². The highest BCUT2D eigenvalue weighted by molar-refractivity contribution is 6.30. The number of halogens is 1. The summed E-state index contributed by atoms with van der Waals surface area (Å²) in [6, 6.07) is 4.81. The SMILES string of the molecule is CCN(CC(=O)OC)Cc1cc(=O)n2cc(Cl)ccc2n1. The molecule has 21 heavy (non-hydrogen) atoms. The molecule has 2 rings (SSSR count). The fourth-order valence-electron chi connectivity index (χ4n) is 1.96. The summed E-state index contributed by atoms with van der Waals surface area (Å²) in [7, 11) is 1.35. The molecule has 0 aliphatic rings. The molecule has 6 nitrogen and oxygen atoms in total.